The van der Waals surface area contributed by atoms with E-state index in [-0.39, 0.29) is 28.4 Å². The van der Waals surface area contributed by atoms with Crippen LogP contribution in [0.4, 0.5) is 18.9 Å². The molecular weight excluding hydrogens is 431 g/mol. The third kappa shape index (κ3) is 5.86. The lowest BCUT2D eigenvalue weighted by Crippen LogP contribution is -2.39. The molecule has 1 unspecified atom stereocenters. The third-order valence-electron chi connectivity index (χ3n) is 4.95. The van der Waals surface area contributed by atoms with E-state index in [0.29, 0.717) is 24.0 Å². The van der Waals surface area contributed by atoms with E-state index in [2.05, 4.69) is 10.3 Å². The molecular formula is C22H21ClF3N3O2. The molecule has 31 heavy (non-hydrogen) atoms. The minimum atomic E-state index is -4.72. The Morgan fingerprint density at radius 2 is 1.77 bits per heavy atom. The van der Waals surface area contributed by atoms with Crippen LogP contribution in [0.3, 0.4) is 0 Å². The van der Waals surface area contributed by atoms with Crippen LogP contribution in [0.2, 0.25) is 5.02 Å². The number of alkyl halides is 3. The molecule has 1 amide bonds. The predicted octanol–water partition coefficient (Wildman–Crippen LogP) is 4.51. The van der Waals surface area contributed by atoms with Crippen LogP contribution in [0.1, 0.15) is 35.2 Å². The van der Waals surface area contributed by atoms with Crippen LogP contribution in [0, 0.1) is 0 Å². The number of aliphatic hydroxyl groups excluding tert-OH is 1. The molecule has 5 nitrogen and oxygen atoms in total. The molecule has 1 fully saturated rings. The summed E-state index contributed by atoms with van der Waals surface area (Å²) in [7, 11) is 0. The van der Waals surface area contributed by atoms with E-state index in [1.165, 1.54) is 24.3 Å². The fraction of sp³-hybridized carbons (Fsp3) is 0.273. The largest absolute Gasteiger partial charge is 0.430 e. The summed E-state index contributed by atoms with van der Waals surface area (Å²) >= 11 is 6.09. The quantitative estimate of drug-likeness (QED) is 0.584. The summed E-state index contributed by atoms with van der Waals surface area (Å²) in [6.45, 7) is 0. The average Bonchev–Trinajstić information content (AvgIpc) is 3.12. The zero-order valence-corrected chi connectivity index (χ0v) is 17.1. The molecule has 1 aliphatic carbocycles. The van der Waals surface area contributed by atoms with Gasteiger partial charge in [-0.2, -0.15) is 13.2 Å². The van der Waals surface area contributed by atoms with Crippen LogP contribution >= 0.6 is 11.6 Å². The first-order chi connectivity index (χ1) is 14.6. The molecule has 1 aliphatic rings. The van der Waals surface area contributed by atoms with Crippen LogP contribution in [0.5, 0.6) is 0 Å². The van der Waals surface area contributed by atoms with E-state index in [0.717, 1.165) is 12.5 Å². The zero-order valence-electron chi connectivity index (χ0n) is 16.4. The SMILES string of the molecule is NC(=CC(=Nc1ccccc1Cl)c1ccc(C(=O)NC2CCC[C@@H]2O)cc1)C(F)(F)F. The molecule has 3 rings (SSSR count). The van der Waals surface area contributed by atoms with Crippen molar-refractivity contribution in [2.45, 2.75) is 37.6 Å². The van der Waals surface area contributed by atoms with Gasteiger partial charge in [0.25, 0.3) is 5.91 Å². The standard InChI is InChI=1S/C22H21ClF3N3O2/c23-15-4-1-2-5-16(15)28-18(12-20(27)22(24,25)26)13-8-10-14(11-9-13)21(31)29-17-6-3-7-19(17)30/h1-2,4-5,8-12,17,19,30H,3,6-7,27H2,(H,29,31)/t17?,19-/m0/s1. The summed E-state index contributed by atoms with van der Waals surface area (Å²) in [4.78, 5) is 16.7. The molecule has 0 bridgehead atoms. The van der Waals surface area contributed by atoms with Gasteiger partial charge in [0.05, 0.1) is 28.6 Å². The molecule has 0 aliphatic heterocycles. The fourth-order valence-corrected chi connectivity index (χ4v) is 3.41. The number of benzene rings is 2. The van der Waals surface area contributed by atoms with E-state index in [4.69, 9.17) is 17.3 Å². The van der Waals surface area contributed by atoms with Crippen molar-refractivity contribution in [3.05, 3.63) is 76.5 Å². The van der Waals surface area contributed by atoms with E-state index in [1.54, 1.807) is 24.3 Å². The van der Waals surface area contributed by atoms with E-state index < -0.39 is 18.0 Å². The summed E-state index contributed by atoms with van der Waals surface area (Å²) < 4.78 is 39.0. The maximum absolute atomic E-state index is 13.0. The van der Waals surface area contributed by atoms with Crippen LogP contribution in [-0.4, -0.2) is 35.0 Å². The number of carbonyl (C=O) groups excluding carboxylic acids is 1. The van der Waals surface area contributed by atoms with Crippen LogP contribution in [0.25, 0.3) is 0 Å². The van der Waals surface area contributed by atoms with Crippen molar-refractivity contribution in [1.82, 2.24) is 5.32 Å². The van der Waals surface area contributed by atoms with Gasteiger partial charge >= 0.3 is 6.18 Å². The first kappa shape index (κ1) is 22.8. The van der Waals surface area contributed by atoms with Crippen molar-refractivity contribution in [3.8, 4) is 0 Å². The van der Waals surface area contributed by atoms with Gasteiger partial charge in [0.2, 0.25) is 0 Å². The minimum absolute atomic E-state index is 0.0545. The first-order valence-electron chi connectivity index (χ1n) is 9.62. The lowest BCUT2D eigenvalue weighted by Gasteiger charge is -2.16. The van der Waals surface area contributed by atoms with Gasteiger partial charge in [-0.05, 0) is 49.6 Å². The summed E-state index contributed by atoms with van der Waals surface area (Å²) in [6.07, 6.45) is -2.40. The second-order valence-electron chi connectivity index (χ2n) is 7.20. The van der Waals surface area contributed by atoms with Gasteiger partial charge in [0, 0.05) is 11.1 Å². The first-order valence-corrected chi connectivity index (χ1v) is 10.00. The molecule has 0 saturated heterocycles. The van der Waals surface area contributed by atoms with Crippen LogP contribution in [0.15, 0.2) is 65.3 Å². The molecule has 0 spiro atoms. The van der Waals surface area contributed by atoms with Crippen molar-refractivity contribution < 1.29 is 23.1 Å². The molecule has 9 heteroatoms. The number of halogens is 4. The topological polar surface area (TPSA) is 87.7 Å². The highest BCUT2D eigenvalue weighted by Gasteiger charge is 2.32. The normalized spacial score (nSPS) is 20.0. The Bertz CT molecular complexity index is 1000. The molecule has 4 N–H and O–H groups in total. The monoisotopic (exact) mass is 451 g/mol. The second-order valence-corrected chi connectivity index (χ2v) is 7.61. The molecule has 2 aromatic rings. The number of hydrogen-bond acceptors (Lipinski definition) is 4. The molecule has 0 heterocycles. The number of nitrogens with one attached hydrogen (secondary N) is 1. The zero-order chi connectivity index (χ0) is 22.6. The summed E-state index contributed by atoms with van der Waals surface area (Å²) in [6, 6.07) is 12.1. The highest BCUT2D eigenvalue weighted by molar-refractivity contribution is 6.33. The Hall–Kier alpha value is -2.84. The van der Waals surface area contributed by atoms with Gasteiger partial charge in [0.15, 0.2) is 0 Å². The summed E-state index contributed by atoms with van der Waals surface area (Å²) in [5.41, 5.74) is 4.75. The molecule has 0 radical (unpaired) electrons. The highest BCUT2D eigenvalue weighted by Crippen LogP contribution is 2.27. The number of allylic oxidation sites excluding steroid dienone is 2. The lowest BCUT2D eigenvalue weighted by molar-refractivity contribution is -0.0925. The maximum Gasteiger partial charge on any atom is 0.430 e. The van der Waals surface area contributed by atoms with Gasteiger partial charge in [-0.1, -0.05) is 35.9 Å². The van der Waals surface area contributed by atoms with Crippen LogP contribution < -0.4 is 11.1 Å². The summed E-state index contributed by atoms with van der Waals surface area (Å²) in [5.74, 6) is -0.368. The Labute approximate surface area is 182 Å². The number of hydrogen-bond donors (Lipinski definition) is 3. The van der Waals surface area contributed by atoms with Crippen molar-refractivity contribution in [3.63, 3.8) is 0 Å². The Kier molecular flexibility index (Phi) is 7.02. The van der Waals surface area contributed by atoms with E-state index in [9.17, 15) is 23.1 Å². The van der Waals surface area contributed by atoms with Crippen molar-refractivity contribution in [2.24, 2.45) is 10.7 Å². The van der Waals surface area contributed by atoms with Gasteiger partial charge in [-0.3, -0.25) is 4.79 Å². The number of amides is 1. The number of rotatable bonds is 5. The van der Waals surface area contributed by atoms with E-state index in [1.807, 2.05) is 0 Å². The van der Waals surface area contributed by atoms with Gasteiger partial charge in [0.1, 0.15) is 5.70 Å². The molecule has 0 aromatic heterocycles. The number of para-hydroxylation sites is 1. The van der Waals surface area contributed by atoms with Crippen molar-refractivity contribution >= 4 is 28.9 Å². The van der Waals surface area contributed by atoms with Crippen LogP contribution in [-0.2, 0) is 0 Å². The Morgan fingerprint density at radius 3 is 2.35 bits per heavy atom. The Balaban J connectivity index is 1.90. The van der Waals surface area contributed by atoms with Gasteiger partial charge < -0.3 is 16.2 Å². The highest BCUT2D eigenvalue weighted by atomic mass is 35.5. The molecule has 2 aromatic carbocycles. The number of nitrogens with zero attached hydrogens (tertiary/aromatic N) is 1. The predicted molar refractivity (Wildman–Crippen MR) is 114 cm³/mol. The summed E-state index contributed by atoms with van der Waals surface area (Å²) in [5, 5.41) is 12.9. The molecule has 1 saturated carbocycles. The number of aliphatic hydroxyl groups is 1. The smallest absolute Gasteiger partial charge is 0.395 e. The van der Waals surface area contributed by atoms with Gasteiger partial charge in [-0.25, -0.2) is 4.99 Å². The average molecular weight is 452 g/mol. The maximum atomic E-state index is 13.0. The van der Waals surface area contributed by atoms with Crippen molar-refractivity contribution in [1.29, 1.82) is 0 Å². The number of carbonyl (C=O) groups is 1. The minimum Gasteiger partial charge on any atom is -0.395 e. The van der Waals surface area contributed by atoms with Gasteiger partial charge in [-0.15, -0.1) is 0 Å². The molecule has 2 atom stereocenters. The lowest BCUT2D eigenvalue weighted by atomic mass is 10.1. The second kappa shape index (κ2) is 9.53. The number of nitrogens with two attached hydrogens (primary N) is 1. The Morgan fingerprint density at radius 1 is 1.13 bits per heavy atom. The van der Waals surface area contributed by atoms with E-state index >= 15 is 0 Å². The number of aliphatic imine (C=N–C) groups is 1. The fourth-order valence-electron chi connectivity index (χ4n) is 3.23. The molecule has 164 valence electrons. The van der Waals surface area contributed by atoms with Crippen molar-refractivity contribution in [2.75, 3.05) is 0 Å². The third-order valence-corrected chi connectivity index (χ3v) is 5.27.